The van der Waals surface area contributed by atoms with E-state index in [1.54, 1.807) is 0 Å². The Morgan fingerprint density at radius 1 is 1.10 bits per heavy atom. The third kappa shape index (κ3) is 4.10. The summed E-state index contributed by atoms with van der Waals surface area (Å²) in [6.45, 7) is 4.28. The molecule has 0 radical (unpaired) electrons. The standard InChI is InChI=1S/C16H17BrN2O/c1-11-4-3-5-13(8-11)18-10-16(20)19-14-7-6-12(2)15(17)9-14/h3-9,18H,10H2,1-2H3,(H,19,20). The van der Waals surface area contributed by atoms with E-state index in [1.165, 1.54) is 0 Å². The summed E-state index contributed by atoms with van der Waals surface area (Å²) in [5, 5.41) is 5.97. The summed E-state index contributed by atoms with van der Waals surface area (Å²) in [7, 11) is 0. The minimum Gasteiger partial charge on any atom is -0.376 e. The quantitative estimate of drug-likeness (QED) is 0.884. The lowest BCUT2D eigenvalue weighted by atomic mass is 10.2. The molecule has 0 aliphatic rings. The van der Waals surface area contributed by atoms with Crippen LogP contribution in [0.5, 0.6) is 0 Å². The predicted molar refractivity (Wildman–Crippen MR) is 87.2 cm³/mol. The van der Waals surface area contributed by atoms with Crippen molar-refractivity contribution in [3.8, 4) is 0 Å². The van der Waals surface area contributed by atoms with Gasteiger partial charge in [-0.15, -0.1) is 0 Å². The molecule has 2 aromatic carbocycles. The second kappa shape index (κ2) is 6.57. The van der Waals surface area contributed by atoms with Crippen LogP contribution in [0, 0.1) is 13.8 Å². The average molecular weight is 333 g/mol. The zero-order valence-corrected chi connectivity index (χ0v) is 13.1. The van der Waals surface area contributed by atoms with E-state index in [0.717, 1.165) is 27.0 Å². The summed E-state index contributed by atoms with van der Waals surface area (Å²) in [5.41, 5.74) is 4.04. The van der Waals surface area contributed by atoms with Crippen LogP contribution in [0.15, 0.2) is 46.9 Å². The molecule has 0 spiro atoms. The highest BCUT2D eigenvalue weighted by Gasteiger charge is 2.04. The third-order valence-electron chi connectivity index (χ3n) is 2.93. The van der Waals surface area contributed by atoms with E-state index in [4.69, 9.17) is 0 Å². The first-order valence-electron chi connectivity index (χ1n) is 6.41. The van der Waals surface area contributed by atoms with Gasteiger partial charge in [0.05, 0.1) is 6.54 Å². The van der Waals surface area contributed by atoms with Gasteiger partial charge >= 0.3 is 0 Å². The molecule has 0 heterocycles. The van der Waals surface area contributed by atoms with E-state index in [0.29, 0.717) is 0 Å². The van der Waals surface area contributed by atoms with Crippen molar-refractivity contribution in [3.63, 3.8) is 0 Å². The number of amides is 1. The van der Waals surface area contributed by atoms with Crippen molar-refractivity contribution >= 4 is 33.2 Å². The predicted octanol–water partition coefficient (Wildman–Crippen LogP) is 4.12. The highest BCUT2D eigenvalue weighted by atomic mass is 79.9. The molecule has 0 bridgehead atoms. The lowest BCUT2D eigenvalue weighted by Crippen LogP contribution is -2.21. The first kappa shape index (κ1) is 14.6. The number of aryl methyl sites for hydroxylation is 2. The van der Waals surface area contributed by atoms with E-state index in [9.17, 15) is 4.79 Å². The number of nitrogens with one attached hydrogen (secondary N) is 2. The largest absolute Gasteiger partial charge is 0.376 e. The Labute approximate surface area is 127 Å². The number of halogens is 1. The number of carbonyl (C=O) groups excluding carboxylic acids is 1. The SMILES string of the molecule is Cc1cccc(NCC(=O)Nc2ccc(C)c(Br)c2)c1. The van der Waals surface area contributed by atoms with Crippen molar-refractivity contribution in [1.82, 2.24) is 0 Å². The van der Waals surface area contributed by atoms with Crippen molar-refractivity contribution in [2.24, 2.45) is 0 Å². The number of hydrogen-bond acceptors (Lipinski definition) is 2. The molecule has 20 heavy (non-hydrogen) atoms. The van der Waals surface area contributed by atoms with Gasteiger partial charge in [0.15, 0.2) is 0 Å². The third-order valence-corrected chi connectivity index (χ3v) is 3.78. The summed E-state index contributed by atoms with van der Waals surface area (Å²) in [6, 6.07) is 13.7. The number of hydrogen-bond donors (Lipinski definition) is 2. The van der Waals surface area contributed by atoms with Crippen molar-refractivity contribution in [3.05, 3.63) is 58.1 Å². The Morgan fingerprint density at radius 2 is 1.90 bits per heavy atom. The van der Waals surface area contributed by atoms with Crippen LogP contribution in [0.1, 0.15) is 11.1 Å². The zero-order valence-electron chi connectivity index (χ0n) is 11.5. The van der Waals surface area contributed by atoms with Crippen LogP contribution in [-0.4, -0.2) is 12.5 Å². The molecule has 3 nitrogen and oxygen atoms in total. The molecule has 104 valence electrons. The van der Waals surface area contributed by atoms with Crippen molar-refractivity contribution in [1.29, 1.82) is 0 Å². The molecule has 0 atom stereocenters. The maximum atomic E-state index is 11.9. The van der Waals surface area contributed by atoms with Crippen LogP contribution in [0.2, 0.25) is 0 Å². The van der Waals surface area contributed by atoms with Crippen LogP contribution >= 0.6 is 15.9 Å². The highest BCUT2D eigenvalue weighted by Crippen LogP contribution is 2.20. The second-order valence-corrected chi connectivity index (χ2v) is 5.59. The molecule has 0 saturated heterocycles. The first-order chi connectivity index (χ1) is 9.54. The summed E-state index contributed by atoms with van der Waals surface area (Å²) < 4.78 is 0.988. The second-order valence-electron chi connectivity index (χ2n) is 4.74. The fourth-order valence-corrected chi connectivity index (χ4v) is 2.19. The molecule has 2 N–H and O–H groups in total. The fourth-order valence-electron chi connectivity index (χ4n) is 1.81. The Hall–Kier alpha value is -1.81. The molecule has 0 aromatic heterocycles. The molecule has 2 aromatic rings. The lowest BCUT2D eigenvalue weighted by Gasteiger charge is -2.09. The molecular formula is C16H17BrN2O. The van der Waals surface area contributed by atoms with Gasteiger partial charge < -0.3 is 10.6 Å². The minimum atomic E-state index is -0.0674. The Morgan fingerprint density at radius 3 is 2.60 bits per heavy atom. The normalized spacial score (nSPS) is 10.2. The monoisotopic (exact) mass is 332 g/mol. The van der Waals surface area contributed by atoms with Gasteiger partial charge in [0, 0.05) is 15.8 Å². The van der Waals surface area contributed by atoms with Gasteiger partial charge in [-0.2, -0.15) is 0 Å². The fraction of sp³-hybridized carbons (Fsp3) is 0.188. The van der Waals surface area contributed by atoms with Gasteiger partial charge in [-0.25, -0.2) is 0 Å². The van der Waals surface area contributed by atoms with Gasteiger partial charge in [-0.05, 0) is 49.2 Å². The summed E-state index contributed by atoms with van der Waals surface area (Å²) in [6.07, 6.45) is 0. The number of carbonyl (C=O) groups is 1. The van der Waals surface area contributed by atoms with Crippen LogP contribution in [-0.2, 0) is 4.79 Å². The molecule has 0 aliphatic carbocycles. The molecule has 0 fully saturated rings. The Balaban J connectivity index is 1.91. The van der Waals surface area contributed by atoms with Crippen molar-refractivity contribution in [2.75, 3.05) is 17.2 Å². The maximum Gasteiger partial charge on any atom is 0.243 e. The van der Waals surface area contributed by atoms with Gasteiger partial charge in [0.1, 0.15) is 0 Å². The van der Waals surface area contributed by atoms with Crippen LogP contribution < -0.4 is 10.6 Å². The number of rotatable bonds is 4. The van der Waals surface area contributed by atoms with E-state index in [1.807, 2.05) is 56.3 Å². The molecule has 0 unspecified atom stereocenters. The van der Waals surface area contributed by atoms with Gasteiger partial charge in [-0.1, -0.05) is 34.1 Å². The average Bonchev–Trinajstić information content (AvgIpc) is 2.41. The smallest absolute Gasteiger partial charge is 0.243 e. The van der Waals surface area contributed by atoms with Crippen molar-refractivity contribution < 1.29 is 4.79 Å². The molecule has 0 aliphatic heterocycles. The van der Waals surface area contributed by atoms with Gasteiger partial charge in [0.2, 0.25) is 5.91 Å². The minimum absolute atomic E-state index is 0.0674. The summed E-state index contributed by atoms with van der Waals surface area (Å²) >= 11 is 3.45. The maximum absolute atomic E-state index is 11.9. The number of benzene rings is 2. The summed E-state index contributed by atoms with van der Waals surface area (Å²) in [5.74, 6) is -0.0674. The highest BCUT2D eigenvalue weighted by molar-refractivity contribution is 9.10. The molecule has 1 amide bonds. The van der Waals surface area contributed by atoms with Crippen LogP contribution in [0.3, 0.4) is 0 Å². The van der Waals surface area contributed by atoms with Crippen LogP contribution in [0.25, 0.3) is 0 Å². The summed E-state index contributed by atoms with van der Waals surface area (Å²) in [4.78, 5) is 11.9. The van der Waals surface area contributed by atoms with E-state index in [-0.39, 0.29) is 12.5 Å². The van der Waals surface area contributed by atoms with Crippen molar-refractivity contribution in [2.45, 2.75) is 13.8 Å². The molecule has 2 rings (SSSR count). The Bertz CT molecular complexity index is 626. The zero-order chi connectivity index (χ0) is 14.5. The number of anilines is 2. The van der Waals surface area contributed by atoms with Gasteiger partial charge in [-0.3, -0.25) is 4.79 Å². The molecular weight excluding hydrogens is 316 g/mol. The molecule has 0 saturated carbocycles. The van der Waals surface area contributed by atoms with Crippen LogP contribution in [0.4, 0.5) is 11.4 Å². The topological polar surface area (TPSA) is 41.1 Å². The van der Waals surface area contributed by atoms with E-state index >= 15 is 0 Å². The van der Waals surface area contributed by atoms with E-state index in [2.05, 4.69) is 26.6 Å². The van der Waals surface area contributed by atoms with E-state index < -0.39 is 0 Å². The van der Waals surface area contributed by atoms with Gasteiger partial charge in [0.25, 0.3) is 0 Å². The lowest BCUT2D eigenvalue weighted by molar-refractivity contribution is -0.114. The molecule has 4 heteroatoms. The Kier molecular flexibility index (Phi) is 4.79. The first-order valence-corrected chi connectivity index (χ1v) is 7.20.